The van der Waals surface area contributed by atoms with Gasteiger partial charge < -0.3 is 4.74 Å². The van der Waals surface area contributed by atoms with Crippen LogP contribution in [0.15, 0.2) is 60.7 Å². The van der Waals surface area contributed by atoms with E-state index in [-0.39, 0.29) is 10.4 Å². The van der Waals surface area contributed by atoms with Crippen LogP contribution in [0.5, 0.6) is 5.75 Å². The van der Waals surface area contributed by atoms with Crippen LogP contribution in [0.4, 0.5) is 0 Å². The van der Waals surface area contributed by atoms with Crippen LogP contribution in [0, 0.1) is 0 Å². The first-order chi connectivity index (χ1) is 9.79. The Balaban J connectivity index is 1.88. The zero-order valence-corrected chi connectivity index (χ0v) is 12.4. The van der Waals surface area contributed by atoms with Crippen molar-refractivity contribution in [3.8, 4) is 5.75 Å². The lowest BCUT2D eigenvalue weighted by molar-refractivity contribution is 0.108. The second kappa shape index (κ2) is 7.98. The van der Waals surface area contributed by atoms with Crippen molar-refractivity contribution in [1.29, 1.82) is 0 Å². The molecular weight excluding hydrogens is 292 g/mol. The van der Waals surface area contributed by atoms with Crippen LogP contribution in [0.1, 0.15) is 10.4 Å². The maximum absolute atomic E-state index is 12.1. The molecule has 0 amide bonds. The molecule has 104 valence electrons. The van der Waals surface area contributed by atoms with Crippen molar-refractivity contribution in [2.75, 3.05) is 12.5 Å². The minimum Gasteiger partial charge on any atom is -0.492 e. The van der Waals surface area contributed by atoms with Gasteiger partial charge in [0.05, 0.1) is 5.25 Å². The Morgan fingerprint density at radius 3 is 2.25 bits per heavy atom. The van der Waals surface area contributed by atoms with Crippen molar-refractivity contribution in [2.45, 2.75) is 5.25 Å². The molecule has 0 unspecified atom stereocenters. The number of carbonyl (C=O) groups excluding carboxylic acids is 1. The Kier molecular flexibility index (Phi) is 5.96. The van der Waals surface area contributed by atoms with Gasteiger partial charge >= 0.3 is 0 Å². The van der Waals surface area contributed by atoms with Crippen molar-refractivity contribution >= 4 is 28.5 Å². The summed E-state index contributed by atoms with van der Waals surface area (Å²) in [7, 11) is 0. The van der Waals surface area contributed by atoms with Crippen LogP contribution in [0.3, 0.4) is 0 Å². The predicted molar refractivity (Wildman–Crippen MR) is 84.8 cm³/mol. The highest BCUT2D eigenvalue weighted by Gasteiger charge is 2.16. The third-order valence-electron chi connectivity index (χ3n) is 2.63. The van der Waals surface area contributed by atoms with E-state index in [2.05, 4.69) is 0 Å². The van der Waals surface area contributed by atoms with Crippen molar-refractivity contribution in [1.82, 2.24) is 0 Å². The molecule has 0 N–H and O–H groups in total. The molecular formula is C16H15ClO2S. The Morgan fingerprint density at radius 1 is 1.05 bits per heavy atom. The van der Waals surface area contributed by atoms with Gasteiger partial charge in [-0.2, -0.15) is 0 Å². The van der Waals surface area contributed by atoms with Crippen LogP contribution in [0.2, 0.25) is 0 Å². The molecule has 1 atom stereocenters. The van der Waals surface area contributed by atoms with Crippen molar-refractivity contribution in [3.63, 3.8) is 0 Å². The van der Waals surface area contributed by atoms with Crippen LogP contribution < -0.4 is 4.74 Å². The second-order valence-corrected chi connectivity index (χ2v) is 5.75. The third kappa shape index (κ3) is 4.58. The fraction of sp³-hybridized carbons (Fsp3) is 0.188. The number of hydrogen-bond acceptors (Lipinski definition) is 3. The van der Waals surface area contributed by atoms with Gasteiger partial charge in [0.25, 0.3) is 0 Å². The summed E-state index contributed by atoms with van der Waals surface area (Å²) >= 11 is 7.13. The first-order valence-corrected chi connectivity index (χ1v) is 7.71. The van der Waals surface area contributed by atoms with E-state index in [0.717, 1.165) is 5.75 Å². The minimum absolute atomic E-state index is 0.0212. The van der Waals surface area contributed by atoms with Crippen molar-refractivity contribution in [3.05, 3.63) is 66.2 Å². The Bertz CT molecular complexity index is 531. The summed E-state index contributed by atoms with van der Waals surface area (Å²) in [6.07, 6.45) is 0. The Morgan fingerprint density at radius 2 is 1.65 bits per heavy atom. The zero-order chi connectivity index (χ0) is 14.2. The van der Waals surface area contributed by atoms with Crippen LogP contribution >= 0.6 is 23.4 Å². The van der Waals surface area contributed by atoms with E-state index in [4.69, 9.17) is 16.3 Å². The van der Waals surface area contributed by atoms with Crippen LogP contribution in [-0.2, 0) is 0 Å². The summed E-state index contributed by atoms with van der Waals surface area (Å²) in [6, 6.07) is 18.7. The number of thioether (sulfide) groups is 1. The lowest BCUT2D eigenvalue weighted by Crippen LogP contribution is -2.18. The molecule has 0 aromatic heterocycles. The monoisotopic (exact) mass is 306 g/mol. The largest absolute Gasteiger partial charge is 0.492 e. The topological polar surface area (TPSA) is 26.3 Å². The van der Waals surface area contributed by atoms with Gasteiger partial charge in [-0.1, -0.05) is 60.3 Å². The number of benzene rings is 2. The number of hydrogen-bond donors (Lipinski definition) is 0. The fourth-order valence-electron chi connectivity index (χ4n) is 1.61. The zero-order valence-electron chi connectivity index (χ0n) is 10.9. The van der Waals surface area contributed by atoms with E-state index in [9.17, 15) is 4.79 Å². The molecule has 0 saturated heterocycles. The lowest BCUT2D eigenvalue weighted by Gasteiger charge is -2.14. The Labute approximate surface area is 128 Å². The van der Waals surface area contributed by atoms with Crippen LogP contribution in [-0.4, -0.2) is 22.9 Å². The van der Waals surface area contributed by atoms with E-state index in [1.807, 2.05) is 48.5 Å². The van der Waals surface area contributed by atoms with E-state index in [1.165, 1.54) is 11.8 Å². The number of ether oxygens (including phenoxy) is 1. The Hall–Kier alpha value is -1.45. The van der Waals surface area contributed by atoms with Gasteiger partial charge in [0.15, 0.2) is 0 Å². The van der Waals surface area contributed by atoms with E-state index < -0.39 is 0 Å². The van der Waals surface area contributed by atoms with E-state index in [1.54, 1.807) is 12.1 Å². The standard InChI is InChI=1S/C16H15ClO2S/c17-11-15(12-19-14-9-5-2-6-10-14)20-16(18)13-7-3-1-4-8-13/h1-10,15H,11-12H2/t15-/m0/s1. The highest BCUT2D eigenvalue weighted by atomic mass is 35.5. The molecule has 2 nitrogen and oxygen atoms in total. The number of carbonyl (C=O) groups is 1. The first kappa shape index (κ1) is 14.9. The maximum Gasteiger partial charge on any atom is 0.219 e. The smallest absolute Gasteiger partial charge is 0.219 e. The summed E-state index contributed by atoms with van der Waals surface area (Å²) in [5.41, 5.74) is 0.687. The number of para-hydroxylation sites is 1. The molecule has 0 radical (unpaired) electrons. The van der Waals surface area contributed by atoms with Gasteiger partial charge in [0.2, 0.25) is 5.12 Å². The molecule has 4 heteroatoms. The molecule has 2 aromatic rings. The molecule has 0 heterocycles. The number of alkyl halides is 1. The first-order valence-electron chi connectivity index (χ1n) is 6.29. The molecule has 20 heavy (non-hydrogen) atoms. The second-order valence-electron chi connectivity index (χ2n) is 4.17. The molecule has 0 fully saturated rings. The normalized spacial score (nSPS) is 11.8. The maximum atomic E-state index is 12.1. The summed E-state index contributed by atoms with van der Waals surface area (Å²) in [6.45, 7) is 0.413. The van der Waals surface area contributed by atoms with Gasteiger partial charge in [0.1, 0.15) is 12.4 Å². The molecule has 0 aliphatic rings. The number of halogens is 1. The van der Waals surface area contributed by atoms with Gasteiger partial charge in [-0.05, 0) is 12.1 Å². The molecule has 0 aliphatic heterocycles. The average Bonchev–Trinajstić information content (AvgIpc) is 2.53. The molecule has 2 aromatic carbocycles. The lowest BCUT2D eigenvalue weighted by atomic mass is 10.2. The quantitative estimate of drug-likeness (QED) is 0.746. The molecule has 0 spiro atoms. The summed E-state index contributed by atoms with van der Waals surface area (Å²) in [5.74, 6) is 1.16. The highest BCUT2D eigenvalue weighted by molar-refractivity contribution is 8.14. The number of rotatable bonds is 6. The summed E-state index contributed by atoms with van der Waals surface area (Å²) < 4.78 is 5.64. The van der Waals surface area contributed by atoms with E-state index >= 15 is 0 Å². The molecule has 0 bridgehead atoms. The summed E-state index contributed by atoms with van der Waals surface area (Å²) in [5, 5.41) is -0.0440. The SMILES string of the molecule is O=C(S[C@@H](CCl)COc1ccccc1)c1ccccc1. The van der Waals surface area contributed by atoms with Gasteiger partial charge in [0, 0.05) is 11.4 Å². The van der Waals surface area contributed by atoms with E-state index in [0.29, 0.717) is 18.1 Å². The average molecular weight is 307 g/mol. The summed E-state index contributed by atoms with van der Waals surface area (Å²) in [4.78, 5) is 12.1. The van der Waals surface area contributed by atoms with Crippen LogP contribution in [0.25, 0.3) is 0 Å². The predicted octanol–water partition coefficient (Wildman–Crippen LogP) is 4.25. The fourth-order valence-corrected chi connectivity index (χ4v) is 2.66. The third-order valence-corrected chi connectivity index (χ3v) is 4.28. The molecule has 0 saturated carbocycles. The van der Waals surface area contributed by atoms with Gasteiger partial charge in [-0.25, -0.2) is 0 Å². The minimum atomic E-state index is -0.0652. The van der Waals surface area contributed by atoms with Crippen molar-refractivity contribution < 1.29 is 9.53 Å². The van der Waals surface area contributed by atoms with Gasteiger partial charge in [-0.15, -0.1) is 11.6 Å². The van der Waals surface area contributed by atoms with Gasteiger partial charge in [-0.3, -0.25) is 4.79 Å². The molecule has 0 aliphatic carbocycles. The molecule has 2 rings (SSSR count). The highest BCUT2D eigenvalue weighted by Crippen LogP contribution is 2.20. The van der Waals surface area contributed by atoms with Crippen molar-refractivity contribution in [2.24, 2.45) is 0 Å².